The molecule has 0 aliphatic heterocycles. The Kier molecular flexibility index (Phi) is 3.41. The number of hydrogen-bond donors (Lipinski definition) is 0. The van der Waals surface area contributed by atoms with E-state index >= 15 is 0 Å². The van der Waals surface area contributed by atoms with Gasteiger partial charge in [-0.2, -0.15) is 0 Å². The summed E-state index contributed by atoms with van der Waals surface area (Å²) in [4.78, 5) is 6.26. The number of thiazole rings is 1. The molecule has 1 heterocycles. The Bertz CT molecular complexity index is 607. The molecule has 0 spiro atoms. The van der Waals surface area contributed by atoms with Crippen LogP contribution in [0, 0.1) is 11.2 Å². The van der Waals surface area contributed by atoms with Crippen molar-refractivity contribution in [2.45, 2.75) is 46.0 Å². The molecule has 1 aliphatic carbocycles. The maximum absolute atomic E-state index is 13.0. The summed E-state index contributed by atoms with van der Waals surface area (Å²) in [7, 11) is 0. The third kappa shape index (κ3) is 2.51. The highest BCUT2D eigenvalue weighted by molar-refractivity contribution is 7.15. The molecule has 0 N–H and O–H groups in total. The third-order valence-corrected chi connectivity index (χ3v) is 5.35. The van der Waals surface area contributed by atoms with Gasteiger partial charge in [-0.05, 0) is 48.9 Å². The number of aryl methyl sites for hydroxylation is 1. The highest BCUT2D eigenvalue weighted by atomic mass is 32.1. The molecule has 2 aromatic rings. The monoisotopic (exact) mass is 289 g/mol. The molecule has 1 nitrogen and oxygen atoms in total. The van der Waals surface area contributed by atoms with Crippen LogP contribution in [0.3, 0.4) is 0 Å². The van der Waals surface area contributed by atoms with Crippen molar-refractivity contribution in [2.24, 2.45) is 5.41 Å². The number of nitrogens with zero attached hydrogens (tertiary/aromatic N) is 1. The molecule has 0 saturated carbocycles. The van der Waals surface area contributed by atoms with Gasteiger partial charge < -0.3 is 0 Å². The Morgan fingerprint density at radius 2 is 1.90 bits per heavy atom. The van der Waals surface area contributed by atoms with Gasteiger partial charge in [0, 0.05) is 16.4 Å². The first-order chi connectivity index (χ1) is 9.45. The summed E-state index contributed by atoms with van der Waals surface area (Å²) in [6.07, 6.45) is 3.56. The van der Waals surface area contributed by atoms with Crippen LogP contribution in [0.2, 0.25) is 0 Å². The Balaban J connectivity index is 2.01. The molecule has 1 unspecified atom stereocenters. The second-order valence-electron chi connectivity index (χ2n) is 6.65. The van der Waals surface area contributed by atoms with Gasteiger partial charge in [0.25, 0.3) is 0 Å². The number of benzene rings is 1. The number of aromatic nitrogens is 1. The van der Waals surface area contributed by atoms with Gasteiger partial charge in [-0.3, -0.25) is 0 Å². The Labute approximate surface area is 123 Å². The van der Waals surface area contributed by atoms with Crippen molar-refractivity contribution in [3.05, 3.63) is 40.7 Å². The highest BCUT2D eigenvalue weighted by Gasteiger charge is 2.33. The van der Waals surface area contributed by atoms with Crippen LogP contribution in [0.4, 0.5) is 4.39 Å². The molecule has 3 rings (SSSR count). The molecule has 1 atom stereocenters. The molecule has 0 saturated heterocycles. The number of rotatable bonds is 1. The normalized spacial score (nSPS) is 18.9. The lowest BCUT2D eigenvalue weighted by Gasteiger charge is -2.33. The van der Waals surface area contributed by atoms with Crippen LogP contribution in [0.25, 0.3) is 10.6 Å². The van der Waals surface area contributed by atoms with Crippen LogP contribution in [0.5, 0.6) is 0 Å². The molecule has 1 aromatic carbocycles. The summed E-state index contributed by atoms with van der Waals surface area (Å²) in [6.45, 7) is 6.93. The first-order valence-electron chi connectivity index (χ1n) is 7.20. The van der Waals surface area contributed by atoms with Crippen LogP contribution < -0.4 is 0 Å². The van der Waals surface area contributed by atoms with Gasteiger partial charge in [0.15, 0.2) is 0 Å². The Morgan fingerprint density at radius 3 is 2.55 bits per heavy atom. The van der Waals surface area contributed by atoms with E-state index < -0.39 is 0 Å². The molecule has 1 aliphatic rings. The van der Waals surface area contributed by atoms with Gasteiger partial charge >= 0.3 is 0 Å². The van der Waals surface area contributed by atoms with E-state index in [0.29, 0.717) is 5.92 Å². The summed E-state index contributed by atoms with van der Waals surface area (Å²) < 4.78 is 13.0. The largest absolute Gasteiger partial charge is 0.241 e. The van der Waals surface area contributed by atoms with Gasteiger partial charge in [-0.15, -0.1) is 11.3 Å². The lowest BCUT2D eigenvalue weighted by molar-refractivity contribution is 0.293. The van der Waals surface area contributed by atoms with Crippen LogP contribution in [0.15, 0.2) is 24.3 Å². The van der Waals surface area contributed by atoms with Crippen molar-refractivity contribution < 1.29 is 4.39 Å². The third-order valence-electron chi connectivity index (χ3n) is 4.09. The van der Waals surface area contributed by atoms with Gasteiger partial charge in [0.05, 0.1) is 5.69 Å². The zero-order valence-electron chi connectivity index (χ0n) is 12.2. The molecule has 106 valence electrons. The lowest BCUT2D eigenvalue weighted by Crippen LogP contribution is -2.21. The Morgan fingerprint density at radius 1 is 1.20 bits per heavy atom. The maximum atomic E-state index is 13.0. The number of hydrogen-bond acceptors (Lipinski definition) is 2. The molecule has 0 bridgehead atoms. The minimum atomic E-state index is -0.192. The van der Waals surface area contributed by atoms with Gasteiger partial charge in [0.2, 0.25) is 0 Å². The minimum Gasteiger partial charge on any atom is -0.241 e. The summed E-state index contributed by atoms with van der Waals surface area (Å²) in [6, 6.07) is 6.67. The minimum absolute atomic E-state index is 0.192. The molecule has 1 aromatic heterocycles. The van der Waals surface area contributed by atoms with E-state index in [9.17, 15) is 4.39 Å². The fraction of sp³-hybridized carbons (Fsp3) is 0.471. The van der Waals surface area contributed by atoms with Crippen molar-refractivity contribution in [1.29, 1.82) is 0 Å². The second kappa shape index (κ2) is 4.96. The summed E-state index contributed by atoms with van der Waals surface area (Å²) >= 11 is 1.80. The fourth-order valence-electron chi connectivity index (χ4n) is 2.96. The fourth-order valence-corrected chi connectivity index (χ4v) is 4.46. The van der Waals surface area contributed by atoms with Crippen molar-refractivity contribution in [3.8, 4) is 10.6 Å². The van der Waals surface area contributed by atoms with E-state index in [2.05, 4.69) is 20.8 Å². The number of halogens is 1. The molecular formula is C17H20FNS. The van der Waals surface area contributed by atoms with Crippen molar-refractivity contribution >= 4 is 11.3 Å². The van der Waals surface area contributed by atoms with E-state index in [0.717, 1.165) is 17.0 Å². The molecule has 0 amide bonds. The van der Waals surface area contributed by atoms with Gasteiger partial charge in [-0.1, -0.05) is 20.8 Å². The Hall–Kier alpha value is -1.22. The molecule has 3 heteroatoms. The summed E-state index contributed by atoms with van der Waals surface area (Å²) in [5.41, 5.74) is 2.57. The smallest absolute Gasteiger partial charge is 0.123 e. The topological polar surface area (TPSA) is 12.9 Å². The lowest BCUT2D eigenvalue weighted by atomic mass is 9.74. The van der Waals surface area contributed by atoms with E-state index in [1.807, 2.05) is 12.1 Å². The van der Waals surface area contributed by atoms with Crippen molar-refractivity contribution in [2.75, 3.05) is 0 Å². The predicted molar refractivity (Wildman–Crippen MR) is 82.6 cm³/mol. The van der Waals surface area contributed by atoms with E-state index in [-0.39, 0.29) is 11.2 Å². The second-order valence-corrected chi connectivity index (χ2v) is 7.68. The first kappa shape index (κ1) is 13.7. The average Bonchev–Trinajstić information content (AvgIpc) is 2.81. The zero-order chi connectivity index (χ0) is 14.3. The van der Waals surface area contributed by atoms with E-state index in [1.165, 1.54) is 35.5 Å². The summed E-state index contributed by atoms with van der Waals surface area (Å²) in [5.74, 6) is 0.403. The van der Waals surface area contributed by atoms with Crippen molar-refractivity contribution in [3.63, 3.8) is 0 Å². The SMILES string of the molecule is CC(C)(C)C1CCCc2nc(-c3ccc(F)cc3)sc21. The average molecular weight is 289 g/mol. The van der Waals surface area contributed by atoms with Crippen LogP contribution in [-0.2, 0) is 6.42 Å². The maximum Gasteiger partial charge on any atom is 0.123 e. The van der Waals surface area contributed by atoms with Crippen LogP contribution >= 0.6 is 11.3 Å². The number of fused-ring (bicyclic) bond motifs is 1. The van der Waals surface area contributed by atoms with Gasteiger partial charge in [-0.25, -0.2) is 9.37 Å². The van der Waals surface area contributed by atoms with Crippen LogP contribution in [-0.4, -0.2) is 4.98 Å². The molecular weight excluding hydrogens is 269 g/mol. The van der Waals surface area contributed by atoms with Crippen molar-refractivity contribution in [1.82, 2.24) is 4.98 Å². The first-order valence-corrected chi connectivity index (χ1v) is 8.02. The molecule has 0 fully saturated rings. The quantitative estimate of drug-likeness (QED) is 0.683. The highest BCUT2D eigenvalue weighted by Crippen LogP contribution is 2.47. The summed E-state index contributed by atoms with van der Waals surface area (Å²) in [5, 5.41) is 1.03. The standard InChI is InChI=1S/C17H20FNS/c1-17(2,3)13-5-4-6-14-15(13)20-16(19-14)11-7-9-12(18)10-8-11/h7-10,13H,4-6H2,1-3H3. The van der Waals surface area contributed by atoms with E-state index in [4.69, 9.17) is 4.98 Å². The predicted octanol–water partition coefficient (Wildman–Crippen LogP) is 5.42. The van der Waals surface area contributed by atoms with E-state index in [1.54, 1.807) is 11.3 Å². The molecule has 20 heavy (non-hydrogen) atoms. The van der Waals surface area contributed by atoms with Crippen LogP contribution in [0.1, 0.15) is 50.1 Å². The van der Waals surface area contributed by atoms with Gasteiger partial charge in [0.1, 0.15) is 10.8 Å². The zero-order valence-corrected chi connectivity index (χ0v) is 13.1. The molecule has 0 radical (unpaired) electrons.